The summed E-state index contributed by atoms with van der Waals surface area (Å²) in [5.74, 6) is 1.59. The molecule has 0 bridgehead atoms. The second-order valence-electron chi connectivity index (χ2n) is 9.68. The Morgan fingerprint density at radius 3 is 2.79 bits per heavy atom. The van der Waals surface area contributed by atoms with Gasteiger partial charge in [0.05, 0.1) is 7.11 Å². The minimum Gasteiger partial charge on any atom is -0.481 e. The van der Waals surface area contributed by atoms with Crippen molar-refractivity contribution in [1.82, 2.24) is 19.4 Å². The molecule has 0 aliphatic carbocycles. The van der Waals surface area contributed by atoms with E-state index < -0.39 is 6.09 Å². The molecule has 198 valence electrons. The first-order valence-corrected chi connectivity index (χ1v) is 12.7. The highest BCUT2D eigenvalue weighted by atomic mass is 16.6. The van der Waals surface area contributed by atoms with Gasteiger partial charge in [-0.15, -0.1) is 0 Å². The van der Waals surface area contributed by atoms with E-state index in [4.69, 9.17) is 14.2 Å². The van der Waals surface area contributed by atoms with Crippen LogP contribution in [0.15, 0.2) is 41.2 Å². The van der Waals surface area contributed by atoms with Crippen molar-refractivity contribution >= 4 is 34.7 Å². The number of carbonyl (C=O) groups excluding carboxylic acids is 2. The van der Waals surface area contributed by atoms with Gasteiger partial charge in [0.15, 0.2) is 18.2 Å². The number of aromatic nitrogens is 3. The second-order valence-corrected chi connectivity index (χ2v) is 9.68. The van der Waals surface area contributed by atoms with Crippen molar-refractivity contribution in [3.63, 3.8) is 0 Å². The van der Waals surface area contributed by atoms with Gasteiger partial charge >= 0.3 is 6.09 Å². The van der Waals surface area contributed by atoms with E-state index >= 15 is 0 Å². The Labute approximate surface area is 218 Å². The van der Waals surface area contributed by atoms with Crippen molar-refractivity contribution in [2.45, 2.75) is 25.5 Å². The Morgan fingerprint density at radius 2 is 1.92 bits per heavy atom. The predicted molar refractivity (Wildman–Crippen MR) is 138 cm³/mol. The number of methoxy groups -OCH3 is 1. The molecule has 12 heteroatoms. The number of likely N-dealkylation sites (tertiary alicyclic amines) is 1. The highest BCUT2D eigenvalue weighted by Crippen LogP contribution is 2.32. The highest BCUT2D eigenvalue weighted by Gasteiger charge is 2.39. The minimum atomic E-state index is -0.447. The first kappa shape index (κ1) is 24.2. The molecule has 0 aromatic carbocycles. The summed E-state index contributed by atoms with van der Waals surface area (Å²) < 4.78 is 18.1. The number of pyridine rings is 3. The molecule has 3 aliphatic heterocycles. The van der Waals surface area contributed by atoms with Crippen LogP contribution in [0, 0.1) is 5.92 Å². The Balaban J connectivity index is 1.07. The third-order valence-electron chi connectivity index (χ3n) is 7.26. The van der Waals surface area contributed by atoms with Gasteiger partial charge in [-0.1, -0.05) is 0 Å². The van der Waals surface area contributed by atoms with Gasteiger partial charge in [-0.05, 0) is 37.1 Å². The van der Waals surface area contributed by atoms with E-state index in [1.165, 1.54) is 4.90 Å². The smallest absolute Gasteiger partial charge is 0.415 e. The van der Waals surface area contributed by atoms with Gasteiger partial charge in [0.1, 0.15) is 17.6 Å². The van der Waals surface area contributed by atoms with Crippen molar-refractivity contribution in [2.24, 2.45) is 5.92 Å². The summed E-state index contributed by atoms with van der Waals surface area (Å²) in [4.78, 5) is 49.9. The van der Waals surface area contributed by atoms with Gasteiger partial charge < -0.3 is 19.5 Å². The van der Waals surface area contributed by atoms with Crippen molar-refractivity contribution < 1.29 is 23.8 Å². The van der Waals surface area contributed by atoms with E-state index in [0.717, 1.165) is 31.3 Å². The topological polar surface area (TPSA) is 128 Å². The normalized spacial score (nSPS) is 21.2. The molecular formula is C26H28N6O6. The van der Waals surface area contributed by atoms with Crippen LogP contribution in [-0.2, 0) is 16.1 Å². The van der Waals surface area contributed by atoms with Crippen LogP contribution in [0.1, 0.15) is 12.8 Å². The maximum Gasteiger partial charge on any atom is 0.415 e. The molecule has 2 atom stereocenters. The van der Waals surface area contributed by atoms with E-state index in [0.29, 0.717) is 48.5 Å². The number of amides is 2. The Kier molecular flexibility index (Phi) is 6.32. The lowest BCUT2D eigenvalue weighted by Gasteiger charge is -2.23. The minimum absolute atomic E-state index is 0.0516. The predicted octanol–water partition coefficient (Wildman–Crippen LogP) is 1.87. The second kappa shape index (κ2) is 9.93. The third-order valence-corrected chi connectivity index (χ3v) is 7.26. The number of rotatable bonds is 6. The Morgan fingerprint density at radius 1 is 1.05 bits per heavy atom. The SMILES string of the molecule is COc1ccc2ccc(=O)n(CCCN3C[C@H]4CCN(c5ccc6c(n5)NC(=O)CO6)C(=O)O[C@H]4C3)c2n1. The van der Waals surface area contributed by atoms with Crippen LogP contribution in [0.3, 0.4) is 0 Å². The molecule has 2 amide bonds. The van der Waals surface area contributed by atoms with Crippen LogP contribution < -0.4 is 25.2 Å². The molecule has 1 N–H and O–H groups in total. The Bertz CT molecular complexity index is 1460. The lowest BCUT2D eigenvalue weighted by atomic mass is 10.0. The van der Waals surface area contributed by atoms with Crippen molar-refractivity contribution in [3.05, 3.63) is 46.8 Å². The summed E-state index contributed by atoms with van der Waals surface area (Å²) >= 11 is 0. The monoisotopic (exact) mass is 520 g/mol. The standard InChI is InChI=1S/C26H28N6O6/c1-36-22-7-3-16-4-8-23(34)32(25(16)29-22)11-2-10-30-13-17-9-12-31(26(35)38-19(17)14-30)20-6-5-18-24(27-20)28-21(33)15-37-18/h3-8,17,19H,2,9-15H2,1H3,(H,27,28,33)/t17-,19+/m1/s1. The number of fused-ring (bicyclic) bond motifs is 3. The number of nitrogens with one attached hydrogen (secondary N) is 1. The van der Waals surface area contributed by atoms with E-state index in [1.807, 2.05) is 6.07 Å². The fourth-order valence-corrected chi connectivity index (χ4v) is 5.34. The van der Waals surface area contributed by atoms with Gasteiger partial charge in [0.2, 0.25) is 5.88 Å². The Hall–Kier alpha value is -4.19. The van der Waals surface area contributed by atoms with Crippen LogP contribution in [0.25, 0.3) is 11.0 Å². The largest absolute Gasteiger partial charge is 0.481 e. The van der Waals surface area contributed by atoms with E-state index in [2.05, 4.69) is 20.2 Å². The number of ether oxygens (including phenoxy) is 3. The van der Waals surface area contributed by atoms with Gasteiger partial charge in [-0.2, -0.15) is 4.98 Å². The number of aryl methyl sites for hydroxylation is 1. The van der Waals surface area contributed by atoms with Gasteiger partial charge in [0, 0.05) is 56.2 Å². The third kappa shape index (κ3) is 4.62. The molecule has 0 unspecified atom stereocenters. The molecule has 0 saturated carbocycles. The van der Waals surface area contributed by atoms with Crippen LogP contribution in [0.2, 0.25) is 0 Å². The molecule has 38 heavy (non-hydrogen) atoms. The quantitative estimate of drug-likeness (QED) is 0.518. The number of nitrogens with zero attached hydrogens (tertiary/aromatic N) is 5. The number of anilines is 2. The lowest BCUT2D eigenvalue weighted by molar-refractivity contribution is -0.118. The molecule has 2 saturated heterocycles. The summed E-state index contributed by atoms with van der Waals surface area (Å²) in [6.45, 7) is 3.16. The molecule has 2 fully saturated rings. The number of hydrogen-bond donors (Lipinski definition) is 1. The van der Waals surface area contributed by atoms with E-state index in [9.17, 15) is 14.4 Å². The number of hydrogen-bond acceptors (Lipinski definition) is 9. The van der Waals surface area contributed by atoms with Crippen LogP contribution >= 0.6 is 0 Å². The van der Waals surface area contributed by atoms with Gasteiger partial charge in [0.25, 0.3) is 11.5 Å². The zero-order chi connectivity index (χ0) is 26.2. The van der Waals surface area contributed by atoms with Crippen molar-refractivity contribution in [3.8, 4) is 11.6 Å². The van der Waals surface area contributed by atoms with Crippen LogP contribution in [0.5, 0.6) is 11.6 Å². The maximum atomic E-state index is 13.0. The van der Waals surface area contributed by atoms with E-state index in [1.54, 1.807) is 42.0 Å². The molecule has 0 radical (unpaired) electrons. The fourth-order valence-electron chi connectivity index (χ4n) is 5.34. The molecule has 6 heterocycles. The molecule has 12 nitrogen and oxygen atoms in total. The van der Waals surface area contributed by atoms with Crippen molar-refractivity contribution in [2.75, 3.05) is 50.1 Å². The molecule has 3 aromatic rings. The average Bonchev–Trinajstić information content (AvgIpc) is 3.23. The summed E-state index contributed by atoms with van der Waals surface area (Å²) in [5, 5.41) is 3.56. The molecule has 6 rings (SSSR count). The summed E-state index contributed by atoms with van der Waals surface area (Å²) in [6, 6.07) is 10.4. The molecule has 3 aliphatic rings. The van der Waals surface area contributed by atoms with Crippen molar-refractivity contribution in [1.29, 1.82) is 0 Å². The van der Waals surface area contributed by atoms with Crippen LogP contribution in [0.4, 0.5) is 16.4 Å². The lowest BCUT2D eigenvalue weighted by Crippen LogP contribution is -2.35. The first-order chi connectivity index (χ1) is 18.5. The zero-order valence-electron chi connectivity index (χ0n) is 21.0. The zero-order valence-corrected chi connectivity index (χ0v) is 21.0. The average molecular weight is 521 g/mol. The van der Waals surface area contributed by atoms with Crippen LogP contribution in [-0.4, -0.2) is 77.4 Å². The maximum absolute atomic E-state index is 13.0. The number of carbonyl (C=O) groups is 2. The molecule has 0 spiro atoms. The summed E-state index contributed by atoms with van der Waals surface area (Å²) in [7, 11) is 1.55. The molecular weight excluding hydrogens is 492 g/mol. The van der Waals surface area contributed by atoms with E-state index in [-0.39, 0.29) is 30.1 Å². The van der Waals surface area contributed by atoms with Gasteiger partial charge in [-0.3, -0.25) is 24.0 Å². The first-order valence-electron chi connectivity index (χ1n) is 12.7. The fraction of sp³-hybridized carbons (Fsp3) is 0.423. The summed E-state index contributed by atoms with van der Waals surface area (Å²) in [5.41, 5.74) is 0.514. The summed E-state index contributed by atoms with van der Waals surface area (Å²) in [6.07, 6.45) is 0.863. The highest BCUT2D eigenvalue weighted by molar-refractivity contribution is 5.95. The van der Waals surface area contributed by atoms with Gasteiger partial charge in [-0.25, -0.2) is 9.78 Å². The molecule has 3 aromatic heterocycles.